The fraction of sp³-hybridized carbons (Fsp3) is 0.316. The van der Waals surface area contributed by atoms with E-state index in [1.165, 1.54) is 27.8 Å². The Kier molecular flexibility index (Phi) is 10.9. The maximum atomic E-state index is 12.1. The number of halogens is 1. The van der Waals surface area contributed by atoms with E-state index in [1.54, 1.807) is 0 Å². The van der Waals surface area contributed by atoms with E-state index in [4.69, 9.17) is 5.73 Å². The summed E-state index contributed by atoms with van der Waals surface area (Å²) in [5, 5.41) is 3.70. The first kappa shape index (κ1) is 32.5. The summed E-state index contributed by atoms with van der Waals surface area (Å²) in [4.78, 5) is 23.5. The minimum Gasteiger partial charge on any atom is -0.324 e. The van der Waals surface area contributed by atoms with Crippen molar-refractivity contribution >= 4 is 27.5 Å². The molecule has 4 aliphatic rings. The molecular formula is C38H43BrN2O2. The van der Waals surface area contributed by atoms with Crippen molar-refractivity contribution in [1.29, 1.82) is 0 Å². The van der Waals surface area contributed by atoms with Gasteiger partial charge in [0.25, 0.3) is 0 Å². The maximum absolute atomic E-state index is 12.1. The molecule has 0 spiro atoms. The van der Waals surface area contributed by atoms with Crippen LogP contribution >= 0.6 is 15.9 Å². The van der Waals surface area contributed by atoms with Crippen LogP contribution in [0.3, 0.4) is 0 Å². The molecule has 4 aromatic carbocycles. The summed E-state index contributed by atoms with van der Waals surface area (Å²) in [5.41, 5.74) is 15.6. The van der Waals surface area contributed by atoms with Gasteiger partial charge in [0, 0.05) is 46.9 Å². The van der Waals surface area contributed by atoms with Crippen LogP contribution in [0.2, 0.25) is 0 Å². The zero-order valence-electron chi connectivity index (χ0n) is 23.1. The molecule has 4 aliphatic carbocycles. The second-order valence-corrected chi connectivity index (χ2v) is 12.4. The lowest BCUT2D eigenvalue weighted by Gasteiger charge is -2.20. The molecule has 0 aromatic heterocycles. The molecule has 224 valence electrons. The number of aryl methyl sites for hydroxylation is 2. The van der Waals surface area contributed by atoms with Crippen molar-refractivity contribution in [2.45, 2.75) is 76.3 Å². The zero-order valence-corrected chi connectivity index (χ0v) is 24.6. The molecule has 0 heterocycles. The Morgan fingerprint density at radius 2 is 1.07 bits per heavy atom. The van der Waals surface area contributed by atoms with Crippen LogP contribution in [0.4, 0.5) is 0 Å². The lowest BCUT2D eigenvalue weighted by Crippen LogP contribution is -2.23. The van der Waals surface area contributed by atoms with Gasteiger partial charge >= 0.3 is 0 Å². The number of ketones is 2. The van der Waals surface area contributed by atoms with Gasteiger partial charge in [0.05, 0.1) is 0 Å². The number of rotatable bonds is 2. The first-order valence-electron chi connectivity index (χ1n) is 14.5. The summed E-state index contributed by atoms with van der Waals surface area (Å²) < 4.78 is 0. The van der Waals surface area contributed by atoms with Gasteiger partial charge in [0.2, 0.25) is 0 Å². The molecule has 4 atom stereocenters. The van der Waals surface area contributed by atoms with E-state index in [0.717, 1.165) is 42.4 Å². The van der Waals surface area contributed by atoms with E-state index in [9.17, 15) is 9.59 Å². The number of nitrogens with two attached hydrogens (primary N) is 1. The van der Waals surface area contributed by atoms with Crippen LogP contribution in [0.15, 0.2) is 97.1 Å². The number of carbonyl (C=O) groups excluding carboxylic acids is 2. The minimum atomic E-state index is 0. The van der Waals surface area contributed by atoms with Gasteiger partial charge in [-0.2, -0.15) is 0 Å². The number of fused-ring (bicyclic) bond motifs is 4. The number of hydrogen-bond donors (Lipinski definition) is 2. The van der Waals surface area contributed by atoms with Crippen molar-refractivity contribution in [1.82, 2.24) is 5.32 Å². The van der Waals surface area contributed by atoms with Crippen LogP contribution in [-0.2, 0) is 12.8 Å². The van der Waals surface area contributed by atoms with Gasteiger partial charge in [-0.25, -0.2) is 0 Å². The molecule has 8 rings (SSSR count). The van der Waals surface area contributed by atoms with E-state index in [2.05, 4.69) is 75.8 Å². The first-order chi connectivity index (χ1) is 20.0. The lowest BCUT2D eigenvalue weighted by atomic mass is 10.0. The van der Waals surface area contributed by atoms with Crippen LogP contribution in [0.25, 0.3) is 0 Å². The number of nitrogens with one attached hydrogen (secondary N) is 1. The van der Waals surface area contributed by atoms with E-state index in [0.29, 0.717) is 24.9 Å². The van der Waals surface area contributed by atoms with Gasteiger partial charge in [0.15, 0.2) is 11.6 Å². The number of hydrogen-bond acceptors (Lipinski definition) is 4. The topological polar surface area (TPSA) is 72.2 Å². The molecular weight excluding hydrogens is 596 g/mol. The average molecular weight is 640 g/mol. The van der Waals surface area contributed by atoms with Crippen molar-refractivity contribution < 1.29 is 9.59 Å². The molecule has 0 bridgehead atoms. The molecule has 0 saturated carbocycles. The second kappa shape index (κ2) is 14.4. The Morgan fingerprint density at radius 1 is 0.581 bits per heavy atom. The second-order valence-electron chi connectivity index (χ2n) is 11.2. The summed E-state index contributed by atoms with van der Waals surface area (Å²) in [6.07, 6.45) is 5.76. The normalized spacial score (nSPS) is 21.9. The van der Waals surface area contributed by atoms with Crippen LogP contribution in [0.1, 0.15) is 118 Å². The third-order valence-electron chi connectivity index (χ3n) is 8.70. The minimum absolute atomic E-state index is 0. The molecule has 0 fully saturated rings. The summed E-state index contributed by atoms with van der Waals surface area (Å²) in [5.74, 6) is 0.520. The van der Waals surface area contributed by atoms with Crippen LogP contribution in [-0.4, -0.2) is 11.6 Å². The Bertz CT molecular complexity index is 1580. The number of Topliss-reactive ketones (excluding diaryl/α,β-unsaturated/α-hetero) is 2. The monoisotopic (exact) mass is 638 g/mol. The predicted molar refractivity (Wildman–Crippen MR) is 181 cm³/mol. The maximum Gasteiger partial charge on any atom is 0.165 e. The van der Waals surface area contributed by atoms with E-state index < -0.39 is 0 Å². The fourth-order valence-corrected chi connectivity index (χ4v) is 7.27. The van der Waals surface area contributed by atoms with Crippen LogP contribution < -0.4 is 11.1 Å². The molecule has 0 amide bonds. The van der Waals surface area contributed by atoms with Gasteiger partial charge in [-0.05, 0) is 59.1 Å². The van der Waals surface area contributed by atoms with Crippen molar-refractivity contribution in [2.24, 2.45) is 5.73 Å². The average Bonchev–Trinajstić information content (AvgIpc) is 3.75. The van der Waals surface area contributed by atoms with Crippen molar-refractivity contribution in [3.63, 3.8) is 0 Å². The van der Waals surface area contributed by atoms with Crippen LogP contribution in [0, 0.1) is 0 Å². The van der Waals surface area contributed by atoms with Gasteiger partial charge in [0.1, 0.15) is 0 Å². The van der Waals surface area contributed by atoms with Gasteiger partial charge in [-0.15, -0.1) is 0 Å². The summed E-state index contributed by atoms with van der Waals surface area (Å²) in [6.45, 7) is 0. The first-order valence-corrected chi connectivity index (χ1v) is 15.5. The Labute approximate surface area is 265 Å². The standard InChI is InChI=1S/C18H17NO.C9H7BrO.C9H11N.2CH4/c20-18-11-17(14-7-3-4-8-15(14)18)19-16-10-9-12-5-1-2-6-13(12)16;10-8-5-9(11)7-4-2-1-3-6(7)8;10-9-6-5-7-3-1-2-4-8(7)9;;/h1-8,16-17,19H,9-11H2;1-4,8H,5H2;1-4,9H,5-6,10H2;2*1H4. The summed E-state index contributed by atoms with van der Waals surface area (Å²) in [7, 11) is 0. The van der Waals surface area contributed by atoms with Crippen molar-refractivity contribution in [3.05, 3.63) is 142 Å². The molecule has 4 aromatic rings. The van der Waals surface area contributed by atoms with Crippen molar-refractivity contribution in [2.75, 3.05) is 0 Å². The largest absolute Gasteiger partial charge is 0.324 e. The highest BCUT2D eigenvalue weighted by molar-refractivity contribution is 9.09. The fourth-order valence-electron chi connectivity index (χ4n) is 6.58. The van der Waals surface area contributed by atoms with Crippen molar-refractivity contribution in [3.8, 4) is 0 Å². The zero-order chi connectivity index (χ0) is 28.3. The Hall–Kier alpha value is -3.38. The van der Waals surface area contributed by atoms with E-state index in [1.807, 2.05) is 42.5 Å². The van der Waals surface area contributed by atoms with E-state index >= 15 is 0 Å². The highest BCUT2D eigenvalue weighted by Crippen LogP contribution is 2.38. The van der Waals surface area contributed by atoms with Gasteiger partial charge in [-0.1, -0.05) is 128 Å². The smallest absolute Gasteiger partial charge is 0.165 e. The van der Waals surface area contributed by atoms with E-state index in [-0.39, 0.29) is 37.3 Å². The SMILES string of the molecule is C.C.NC1CCc2ccccc21.O=C1CC(Br)c2ccccc21.O=C1CC(NC2CCc3ccccc32)c2ccccc21. The van der Waals surface area contributed by atoms with Gasteiger partial charge in [-0.3, -0.25) is 9.59 Å². The third-order valence-corrected chi connectivity index (χ3v) is 9.52. The highest BCUT2D eigenvalue weighted by Gasteiger charge is 2.32. The molecule has 0 radical (unpaired) electrons. The summed E-state index contributed by atoms with van der Waals surface area (Å²) >= 11 is 3.46. The third kappa shape index (κ3) is 6.90. The highest BCUT2D eigenvalue weighted by atomic mass is 79.9. The Balaban J connectivity index is 0.000000157. The molecule has 0 saturated heterocycles. The molecule has 0 aliphatic heterocycles. The number of benzene rings is 4. The number of carbonyl (C=O) groups is 2. The summed E-state index contributed by atoms with van der Waals surface area (Å²) in [6, 6.07) is 33.7. The Morgan fingerprint density at radius 3 is 1.72 bits per heavy atom. The number of alkyl halides is 1. The quantitative estimate of drug-likeness (QED) is 0.215. The molecule has 5 heteroatoms. The molecule has 4 nitrogen and oxygen atoms in total. The predicted octanol–water partition coefficient (Wildman–Crippen LogP) is 9.21. The van der Waals surface area contributed by atoms with Crippen LogP contribution in [0.5, 0.6) is 0 Å². The lowest BCUT2D eigenvalue weighted by molar-refractivity contribution is 0.0979. The molecule has 3 N–H and O–H groups in total. The molecule has 43 heavy (non-hydrogen) atoms. The van der Waals surface area contributed by atoms with Gasteiger partial charge < -0.3 is 11.1 Å². The molecule has 4 unspecified atom stereocenters.